The maximum Gasteiger partial charge on any atom is 0.102 e. The summed E-state index contributed by atoms with van der Waals surface area (Å²) in [6, 6.07) is 0. The SMILES string of the molecule is COC.COC.COC.F[P-](F)(F)(F)(F)F.F[P-](F)(F)(F)(F)F.[CH2-][N+]1(C)CC[N+]([CH2-])(C)CC[N+]([CH2-])(C)CC1.[CH2-][N+]1(C)CC[N+]([CH2-])(C)CC[N+]([CH2-])(C)CC1.[Mn].[Mn]. The van der Waals surface area contributed by atoms with Gasteiger partial charge in [-0.3, -0.25) is 0 Å². The van der Waals surface area contributed by atoms with Crippen molar-refractivity contribution in [3.05, 3.63) is 42.3 Å². The molecule has 2 heterocycles. The van der Waals surface area contributed by atoms with Crippen molar-refractivity contribution in [2.75, 3.05) is 163 Å². The van der Waals surface area contributed by atoms with E-state index in [1.54, 1.807) is 42.7 Å². The summed E-state index contributed by atoms with van der Waals surface area (Å²) in [6.45, 7) is 13.2. The van der Waals surface area contributed by atoms with Crippen LogP contribution in [0.4, 0.5) is 50.4 Å². The summed E-state index contributed by atoms with van der Waals surface area (Å²) >= 11 is 0. The van der Waals surface area contributed by atoms with Crippen LogP contribution in [0.3, 0.4) is 0 Å². The third kappa shape index (κ3) is 83.3. The third-order valence-corrected chi connectivity index (χ3v) is 7.08. The average molecular weight is 965 g/mol. The van der Waals surface area contributed by atoms with E-state index in [2.05, 4.69) is 98.8 Å². The molecule has 0 aromatic carbocycles. The van der Waals surface area contributed by atoms with E-state index in [1.165, 1.54) is 0 Å². The molecule has 2 aliphatic heterocycles. The van der Waals surface area contributed by atoms with Crippen LogP contribution in [0.25, 0.3) is 0 Å². The van der Waals surface area contributed by atoms with Gasteiger partial charge in [0.05, 0.1) is 0 Å². The Morgan fingerprint density at radius 3 is 0.364 bits per heavy atom. The van der Waals surface area contributed by atoms with Crippen molar-refractivity contribution in [1.29, 1.82) is 0 Å². The molecule has 9 nitrogen and oxygen atoms in total. The number of likely N-dealkylation sites (N-methyl/N-ethyl adjacent to an activating group) is 6. The Morgan fingerprint density at radius 2 is 0.327 bits per heavy atom. The van der Waals surface area contributed by atoms with Crippen molar-refractivity contribution in [2.45, 2.75) is 0 Å². The fourth-order valence-electron chi connectivity index (χ4n) is 3.57. The number of hydrogen-bond acceptors (Lipinski definition) is 3. The predicted octanol–water partition coefficient (Wildman–Crippen LogP) is 8.98. The monoisotopic (exact) mass is 964 g/mol. The van der Waals surface area contributed by atoms with Gasteiger partial charge in [0.25, 0.3) is 0 Å². The number of hydrogen-bond donors (Lipinski definition) is 0. The first-order valence-electron chi connectivity index (χ1n) is 15.9. The van der Waals surface area contributed by atoms with Crippen molar-refractivity contribution < 1.29 is 126 Å². The Morgan fingerprint density at radius 1 is 0.291 bits per heavy atom. The molecule has 2 fully saturated rings. The van der Waals surface area contributed by atoms with Crippen LogP contribution >= 0.6 is 15.6 Å². The molecule has 0 atom stereocenters. The minimum absolute atomic E-state index is 0. The number of ether oxygens (including phenoxy) is 3. The topological polar surface area (TPSA) is 27.7 Å². The Kier molecular flexibility index (Phi) is 30.2. The van der Waals surface area contributed by atoms with Crippen molar-refractivity contribution in [2.24, 2.45) is 0 Å². The van der Waals surface area contributed by atoms with Gasteiger partial charge in [0, 0.05) is 119 Å². The molecule has 0 aliphatic carbocycles. The molecule has 2 saturated heterocycles. The summed E-state index contributed by atoms with van der Waals surface area (Å²) in [7, 11) is 27.2. The van der Waals surface area contributed by atoms with Gasteiger partial charge in [0.15, 0.2) is 0 Å². The first-order valence-corrected chi connectivity index (χ1v) is 19.9. The minimum atomic E-state index is -10.7. The molecule has 25 heteroatoms. The molecule has 0 spiro atoms. The molecule has 0 saturated carbocycles. The van der Waals surface area contributed by atoms with Gasteiger partial charge in [-0.2, -0.15) is 0 Å². The largest absolute Gasteiger partial charge is 0.450 e. The zero-order chi connectivity index (χ0) is 44.4. The van der Waals surface area contributed by atoms with Crippen molar-refractivity contribution in [3.8, 4) is 0 Å². The second-order valence-corrected chi connectivity index (χ2v) is 19.4. The Labute approximate surface area is 346 Å². The van der Waals surface area contributed by atoms with Gasteiger partial charge < -0.3 is 41.1 Å². The molecule has 0 aromatic heterocycles. The van der Waals surface area contributed by atoms with Crippen LogP contribution in [-0.4, -0.2) is 190 Å². The molecule has 0 aromatic rings. The minimum Gasteiger partial charge on any atom is -0.450 e. The number of nitrogens with zero attached hydrogens (tertiary/aromatic N) is 6. The fourth-order valence-corrected chi connectivity index (χ4v) is 3.57. The van der Waals surface area contributed by atoms with Crippen LogP contribution < -0.4 is 0 Å². The molecule has 0 unspecified atom stereocenters. The van der Waals surface area contributed by atoms with E-state index in [0.29, 0.717) is 0 Å². The summed E-state index contributed by atoms with van der Waals surface area (Å²) < 4.78 is 136. The summed E-state index contributed by atoms with van der Waals surface area (Å²) in [6.07, 6.45) is 0. The summed E-state index contributed by atoms with van der Waals surface area (Å²) in [5, 5.41) is 0. The normalized spacial score (nSPS) is 33.7. The summed E-state index contributed by atoms with van der Waals surface area (Å²) in [5.41, 5.74) is 0. The van der Waals surface area contributed by atoms with Crippen LogP contribution in [0.1, 0.15) is 0 Å². The Bertz CT molecular complexity index is 794. The van der Waals surface area contributed by atoms with E-state index in [9.17, 15) is 50.4 Å². The van der Waals surface area contributed by atoms with Gasteiger partial charge in [-0.05, 0) is 0 Å². The second-order valence-electron chi connectivity index (χ2n) is 15.5. The molecule has 0 amide bonds. The van der Waals surface area contributed by atoms with Crippen LogP contribution in [0.15, 0.2) is 0 Å². The number of methoxy groups -OCH3 is 3. The van der Waals surface area contributed by atoms with E-state index in [0.717, 1.165) is 105 Å². The van der Waals surface area contributed by atoms with E-state index in [-0.39, 0.29) is 34.1 Å². The number of halogens is 12. The average Bonchev–Trinajstić information content (AvgIpc) is 2.91. The third-order valence-electron chi connectivity index (χ3n) is 7.08. The van der Waals surface area contributed by atoms with Gasteiger partial charge >= 0.3 is 66.0 Å². The molecule has 2 aliphatic rings. The van der Waals surface area contributed by atoms with Gasteiger partial charge in [-0.25, -0.2) is 0 Å². The van der Waals surface area contributed by atoms with E-state index in [4.69, 9.17) is 0 Å². The maximum absolute atomic E-state index is 10.7. The summed E-state index contributed by atoms with van der Waals surface area (Å²) in [5.74, 6) is 0. The van der Waals surface area contributed by atoms with Crippen LogP contribution in [0.2, 0.25) is 0 Å². The maximum atomic E-state index is 9.87. The van der Waals surface area contributed by atoms with Crippen LogP contribution in [0.5, 0.6) is 0 Å². The molecule has 55 heavy (non-hydrogen) atoms. The van der Waals surface area contributed by atoms with E-state index >= 15 is 0 Å². The molecular weight excluding hydrogens is 892 g/mol. The summed E-state index contributed by atoms with van der Waals surface area (Å²) in [4.78, 5) is 0. The Hall–Kier alpha value is 0.699. The quantitative estimate of drug-likeness (QED) is 0.0799. The van der Waals surface area contributed by atoms with E-state index < -0.39 is 15.6 Å². The van der Waals surface area contributed by atoms with Crippen molar-refractivity contribution in [1.82, 2.24) is 0 Å². The van der Waals surface area contributed by atoms with Crippen LogP contribution in [-0.2, 0) is 48.3 Å². The van der Waals surface area contributed by atoms with Gasteiger partial charge in [-0.15, -0.1) is 42.3 Å². The second kappa shape index (κ2) is 23.6. The first kappa shape index (κ1) is 70.3. The molecule has 350 valence electrons. The Balaban J connectivity index is -0.000000107. The first-order chi connectivity index (χ1) is 22.4. The van der Waals surface area contributed by atoms with Crippen molar-refractivity contribution in [3.63, 3.8) is 0 Å². The zero-order valence-corrected chi connectivity index (χ0v) is 39.0. The zero-order valence-electron chi connectivity index (χ0n) is 34.8. The molecular formula is C30H72F12Mn2N6O3P2-2. The number of rotatable bonds is 0. The van der Waals surface area contributed by atoms with Crippen molar-refractivity contribution >= 4 is 15.6 Å². The van der Waals surface area contributed by atoms with Gasteiger partial charge in [0.2, 0.25) is 0 Å². The van der Waals surface area contributed by atoms with Crippen LogP contribution in [0, 0.1) is 42.3 Å². The van der Waals surface area contributed by atoms with E-state index in [1.807, 2.05) is 0 Å². The van der Waals surface area contributed by atoms with Gasteiger partial charge in [0.1, 0.15) is 78.5 Å². The molecule has 0 N–H and O–H groups in total. The fraction of sp³-hybridized carbons (Fsp3) is 0.800. The molecule has 2 rings (SSSR count). The molecule has 0 bridgehead atoms. The standard InChI is InChI=1S/2C12H27N3.3C2H6O.2F6P.2Mn/c2*1-13(2)7-9-14(3,4)11-12-15(5,6)10-8-13;3*1-3-2;2*1-7(2,3,4,5)6;;/h2*1,3,5,7-12H2,2,4,6H3;3*1-2H3;;;;/q;;;;;2*-1;;. The smallest absolute Gasteiger partial charge is 0.102 e. The number of quaternary nitrogens is 6. The van der Waals surface area contributed by atoms with Gasteiger partial charge in [-0.1, -0.05) is 0 Å². The predicted molar refractivity (Wildman–Crippen MR) is 194 cm³/mol. The molecule has 2 radical (unpaired) electrons.